The van der Waals surface area contributed by atoms with E-state index in [1.54, 1.807) is 7.11 Å². The molecule has 118 valence electrons. The maximum Gasteiger partial charge on any atom is 0.194 e. The third-order valence-electron chi connectivity index (χ3n) is 3.44. The van der Waals surface area contributed by atoms with E-state index in [2.05, 4.69) is 27.1 Å². The number of nitrogens with zero attached hydrogens (tertiary/aromatic N) is 3. The maximum atomic E-state index is 5.25. The summed E-state index contributed by atoms with van der Waals surface area (Å²) in [5.41, 5.74) is 0.996. The highest BCUT2D eigenvalue weighted by Gasteiger charge is 2.24. The fourth-order valence-electron chi connectivity index (χ4n) is 2.47. The minimum atomic E-state index is 0. The molecule has 1 aliphatic heterocycles. The first kappa shape index (κ1) is 18.2. The van der Waals surface area contributed by atoms with Gasteiger partial charge in [-0.2, -0.15) is 0 Å². The lowest BCUT2D eigenvalue weighted by Gasteiger charge is -2.21. The van der Waals surface area contributed by atoms with Crippen molar-refractivity contribution in [1.29, 1.82) is 0 Å². The first-order valence-electron chi connectivity index (χ1n) is 7.25. The summed E-state index contributed by atoms with van der Waals surface area (Å²) in [6, 6.07) is 5.92. The molecule has 2 heterocycles. The summed E-state index contributed by atoms with van der Waals surface area (Å²) in [5, 5.41) is 3.36. The van der Waals surface area contributed by atoms with Gasteiger partial charge in [0.05, 0.1) is 18.8 Å². The molecule has 0 aliphatic carbocycles. The third-order valence-corrected chi connectivity index (χ3v) is 3.44. The molecule has 2 rings (SSSR count). The Hall–Kier alpha value is -0.890. The van der Waals surface area contributed by atoms with Crippen molar-refractivity contribution in [3.8, 4) is 0 Å². The molecule has 1 saturated heterocycles. The smallest absolute Gasteiger partial charge is 0.194 e. The zero-order valence-corrected chi connectivity index (χ0v) is 15.1. The predicted octanol–water partition coefficient (Wildman–Crippen LogP) is 2.13. The highest BCUT2D eigenvalue weighted by Crippen LogP contribution is 2.16. The normalized spacial score (nSPS) is 18.5. The Morgan fingerprint density at radius 3 is 3.05 bits per heavy atom. The molecular formula is C15H25IN4O. The molecule has 1 aromatic heterocycles. The van der Waals surface area contributed by atoms with E-state index in [4.69, 9.17) is 4.74 Å². The number of rotatable bonds is 5. The van der Waals surface area contributed by atoms with Crippen LogP contribution in [0.15, 0.2) is 29.4 Å². The molecule has 0 saturated carbocycles. The van der Waals surface area contributed by atoms with Crippen molar-refractivity contribution >= 4 is 29.9 Å². The van der Waals surface area contributed by atoms with Gasteiger partial charge >= 0.3 is 0 Å². The van der Waals surface area contributed by atoms with Crippen molar-refractivity contribution in [2.24, 2.45) is 10.9 Å². The van der Waals surface area contributed by atoms with Crippen molar-refractivity contribution in [1.82, 2.24) is 15.2 Å². The van der Waals surface area contributed by atoms with Gasteiger partial charge in [-0.05, 0) is 25.5 Å². The minimum Gasteiger partial charge on any atom is -0.384 e. The van der Waals surface area contributed by atoms with Gasteiger partial charge in [-0.1, -0.05) is 6.07 Å². The standard InChI is InChI=1S/C15H24N4O.HI/c1-3-16-15(18-10-14-6-4-5-8-17-14)19-9-7-13(11-19)12-20-2;/h4-6,8,13H,3,7,9-12H2,1-2H3,(H,16,18);1H. The summed E-state index contributed by atoms with van der Waals surface area (Å²) in [5.74, 6) is 1.59. The molecule has 0 amide bonds. The molecule has 0 bridgehead atoms. The van der Waals surface area contributed by atoms with Crippen LogP contribution in [0, 0.1) is 5.92 Å². The van der Waals surface area contributed by atoms with Crippen molar-refractivity contribution < 1.29 is 4.74 Å². The zero-order valence-electron chi connectivity index (χ0n) is 12.8. The Balaban J connectivity index is 0.00000220. The summed E-state index contributed by atoms with van der Waals surface area (Å²) < 4.78 is 5.25. The van der Waals surface area contributed by atoms with Crippen LogP contribution in [0.4, 0.5) is 0 Å². The number of pyridine rings is 1. The lowest BCUT2D eigenvalue weighted by Crippen LogP contribution is -2.40. The van der Waals surface area contributed by atoms with Gasteiger partial charge in [-0.25, -0.2) is 4.99 Å². The Labute approximate surface area is 144 Å². The predicted molar refractivity (Wildman–Crippen MR) is 96.0 cm³/mol. The molecule has 6 heteroatoms. The van der Waals surface area contributed by atoms with Crippen LogP contribution in [0.3, 0.4) is 0 Å². The molecule has 1 aromatic rings. The second kappa shape index (κ2) is 9.94. The van der Waals surface area contributed by atoms with Crippen LogP contribution in [-0.2, 0) is 11.3 Å². The van der Waals surface area contributed by atoms with Crippen LogP contribution in [0.25, 0.3) is 0 Å². The van der Waals surface area contributed by atoms with Crippen LogP contribution in [0.2, 0.25) is 0 Å². The number of hydrogen-bond acceptors (Lipinski definition) is 3. The molecule has 21 heavy (non-hydrogen) atoms. The highest BCUT2D eigenvalue weighted by atomic mass is 127. The van der Waals surface area contributed by atoms with E-state index >= 15 is 0 Å². The van der Waals surface area contributed by atoms with Gasteiger partial charge in [0.25, 0.3) is 0 Å². The lowest BCUT2D eigenvalue weighted by molar-refractivity contribution is 0.157. The Bertz CT molecular complexity index is 427. The third kappa shape index (κ3) is 5.78. The summed E-state index contributed by atoms with van der Waals surface area (Å²) >= 11 is 0. The number of nitrogens with one attached hydrogen (secondary N) is 1. The van der Waals surface area contributed by atoms with E-state index in [0.717, 1.165) is 37.9 Å². The van der Waals surface area contributed by atoms with Crippen LogP contribution >= 0.6 is 24.0 Å². The number of likely N-dealkylation sites (tertiary alicyclic amines) is 1. The fraction of sp³-hybridized carbons (Fsp3) is 0.600. The van der Waals surface area contributed by atoms with Crippen molar-refractivity contribution in [2.75, 3.05) is 33.4 Å². The first-order chi connectivity index (χ1) is 9.83. The lowest BCUT2D eigenvalue weighted by atomic mass is 10.1. The van der Waals surface area contributed by atoms with Crippen LogP contribution in [-0.4, -0.2) is 49.2 Å². The van der Waals surface area contributed by atoms with Crippen molar-refractivity contribution in [3.63, 3.8) is 0 Å². The van der Waals surface area contributed by atoms with Gasteiger partial charge in [-0.15, -0.1) is 24.0 Å². The van der Waals surface area contributed by atoms with Gasteiger partial charge in [0.1, 0.15) is 0 Å². The van der Waals surface area contributed by atoms with Crippen molar-refractivity contribution in [3.05, 3.63) is 30.1 Å². The number of aliphatic imine (C=N–C) groups is 1. The Kier molecular flexibility index (Phi) is 8.60. The van der Waals surface area contributed by atoms with Crippen LogP contribution < -0.4 is 5.32 Å². The van der Waals surface area contributed by atoms with Gasteiger partial charge in [-0.3, -0.25) is 4.98 Å². The molecule has 5 nitrogen and oxygen atoms in total. The Morgan fingerprint density at radius 1 is 1.52 bits per heavy atom. The van der Waals surface area contributed by atoms with E-state index in [0.29, 0.717) is 12.5 Å². The topological polar surface area (TPSA) is 49.8 Å². The van der Waals surface area contributed by atoms with Gasteiger partial charge in [0.2, 0.25) is 0 Å². The number of hydrogen-bond donors (Lipinski definition) is 1. The SMILES string of the molecule is CCNC(=NCc1ccccn1)N1CCC(COC)C1.I. The second-order valence-electron chi connectivity index (χ2n) is 5.05. The molecule has 1 unspecified atom stereocenters. The first-order valence-corrected chi connectivity index (χ1v) is 7.25. The molecule has 0 radical (unpaired) electrons. The molecule has 1 atom stereocenters. The van der Waals surface area contributed by atoms with E-state index in [9.17, 15) is 0 Å². The highest BCUT2D eigenvalue weighted by molar-refractivity contribution is 14.0. The van der Waals surface area contributed by atoms with E-state index < -0.39 is 0 Å². The molecule has 1 N–H and O–H groups in total. The number of methoxy groups -OCH3 is 1. The number of aromatic nitrogens is 1. The average molecular weight is 404 g/mol. The summed E-state index contributed by atoms with van der Waals surface area (Å²) in [6.45, 7) is 6.49. The monoisotopic (exact) mass is 404 g/mol. The number of guanidine groups is 1. The van der Waals surface area contributed by atoms with E-state index in [1.165, 1.54) is 6.42 Å². The molecule has 0 spiro atoms. The minimum absolute atomic E-state index is 0. The second-order valence-corrected chi connectivity index (χ2v) is 5.05. The number of halogens is 1. The molecule has 1 fully saturated rings. The van der Waals surface area contributed by atoms with E-state index in [-0.39, 0.29) is 24.0 Å². The van der Waals surface area contributed by atoms with Gasteiger partial charge < -0.3 is 15.0 Å². The van der Waals surface area contributed by atoms with Crippen LogP contribution in [0.1, 0.15) is 19.0 Å². The van der Waals surface area contributed by atoms with Crippen LogP contribution in [0.5, 0.6) is 0 Å². The van der Waals surface area contributed by atoms with Gasteiger partial charge in [0.15, 0.2) is 5.96 Å². The van der Waals surface area contributed by atoms with Crippen molar-refractivity contribution in [2.45, 2.75) is 19.9 Å². The Morgan fingerprint density at radius 2 is 2.38 bits per heavy atom. The summed E-state index contributed by atoms with van der Waals surface area (Å²) in [7, 11) is 1.77. The zero-order chi connectivity index (χ0) is 14.2. The molecular weight excluding hydrogens is 379 g/mol. The average Bonchev–Trinajstić information content (AvgIpc) is 2.93. The largest absolute Gasteiger partial charge is 0.384 e. The van der Waals surface area contributed by atoms with Gasteiger partial charge in [0, 0.05) is 38.9 Å². The molecule has 0 aromatic carbocycles. The fourth-order valence-corrected chi connectivity index (χ4v) is 2.47. The number of ether oxygens (including phenoxy) is 1. The molecule has 1 aliphatic rings. The maximum absolute atomic E-state index is 5.25. The van der Waals surface area contributed by atoms with E-state index in [1.807, 2.05) is 24.4 Å². The summed E-state index contributed by atoms with van der Waals surface area (Å²) in [6.07, 6.45) is 2.98. The quantitative estimate of drug-likeness (QED) is 0.464. The summed E-state index contributed by atoms with van der Waals surface area (Å²) in [4.78, 5) is 11.3.